The molecule has 0 fully saturated rings. The van der Waals surface area contributed by atoms with Crippen LogP contribution in [0.25, 0.3) is 0 Å². The predicted octanol–water partition coefficient (Wildman–Crippen LogP) is 4.61. The Hall–Kier alpha value is -1.47. The zero-order chi connectivity index (χ0) is 14.8. The minimum Gasteiger partial charge on any atom is -0.339 e. The molecule has 0 aliphatic carbocycles. The largest absolute Gasteiger partial charge is 0.433 e. The molecule has 2 aromatic rings. The topological polar surface area (TPSA) is 37.8 Å². The summed E-state index contributed by atoms with van der Waals surface area (Å²) >= 11 is 7.00. The van der Waals surface area contributed by atoms with Gasteiger partial charge in [0.05, 0.1) is 5.69 Å². The molecule has 0 saturated carbocycles. The second kappa shape index (κ2) is 5.88. The SMILES string of the molecule is CSc1ccccc1Nc1cc(C(F)(F)F)nc(Cl)n1. The summed E-state index contributed by atoms with van der Waals surface area (Å²) in [5.41, 5.74) is -0.426. The second-order valence-electron chi connectivity index (χ2n) is 3.73. The van der Waals surface area contributed by atoms with Crippen LogP contribution in [0.4, 0.5) is 24.7 Å². The Labute approximate surface area is 122 Å². The molecule has 0 aliphatic heterocycles. The smallest absolute Gasteiger partial charge is 0.339 e. The Balaban J connectivity index is 2.36. The standard InChI is InChI=1S/C12H9ClF3N3S/c1-20-8-5-3-2-4-7(8)17-10-6-9(12(14,15)16)18-11(13)19-10/h2-6H,1H3,(H,17,18,19). The molecule has 2 rings (SSSR count). The molecule has 1 heterocycles. The van der Waals surface area contributed by atoms with Gasteiger partial charge in [-0.15, -0.1) is 11.8 Å². The van der Waals surface area contributed by atoms with E-state index in [0.717, 1.165) is 11.0 Å². The van der Waals surface area contributed by atoms with Crippen LogP contribution >= 0.6 is 23.4 Å². The molecule has 0 unspecified atom stereocenters. The molecule has 20 heavy (non-hydrogen) atoms. The van der Waals surface area contributed by atoms with Gasteiger partial charge in [-0.25, -0.2) is 9.97 Å². The summed E-state index contributed by atoms with van der Waals surface area (Å²) in [6.45, 7) is 0. The number of halogens is 4. The number of alkyl halides is 3. The average molecular weight is 320 g/mol. The molecule has 0 bridgehead atoms. The Bertz CT molecular complexity index is 619. The Morgan fingerprint density at radius 2 is 1.90 bits per heavy atom. The zero-order valence-electron chi connectivity index (χ0n) is 10.2. The summed E-state index contributed by atoms with van der Waals surface area (Å²) in [5.74, 6) is -0.00109. The van der Waals surface area contributed by atoms with Crippen LogP contribution in [-0.4, -0.2) is 16.2 Å². The van der Waals surface area contributed by atoms with Crippen molar-refractivity contribution in [1.29, 1.82) is 0 Å². The molecule has 0 amide bonds. The number of rotatable bonds is 3. The predicted molar refractivity (Wildman–Crippen MR) is 73.5 cm³/mol. The second-order valence-corrected chi connectivity index (χ2v) is 4.92. The van der Waals surface area contributed by atoms with Crippen molar-refractivity contribution in [2.24, 2.45) is 0 Å². The van der Waals surface area contributed by atoms with Gasteiger partial charge >= 0.3 is 6.18 Å². The normalized spacial score (nSPS) is 11.4. The monoisotopic (exact) mass is 319 g/mol. The molecule has 1 aromatic carbocycles. The van der Waals surface area contributed by atoms with E-state index in [0.29, 0.717) is 5.69 Å². The number of anilines is 2. The maximum absolute atomic E-state index is 12.7. The van der Waals surface area contributed by atoms with Crippen LogP contribution in [0, 0.1) is 0 Å². The minimum absolute atomic E-state index is 0.00109. The molecular weight excluding hydrogens is 311 g/mol. The van der Waals surface area contributed by atoms with E-state index in [2.05, 4.69) is 15.3 Å². The number of hydrogen-bond acceptors (Lipinski definition) is 4. The van der Waals surface area contributed by atoms with Gasteiger partial charge < -0.3 is 5.32 Å². The molecule has 0 radical (unpaired) electrons. The van der Waals surface area contributed by atoms with Crippen molar-refractivity contribution in [3.8, 4) is 0 Å². The summed E-state index contributed by atoms with van der Waals surface area (Å²) in [6.07, 6.45) is -2.70. The van der Waals surface area contributed by atoms with Crippen LogP contribution < -0.4 is 5.32 Å². The molecule has 3 nitrogen and oxygen atoms in total. The van der Waals surface area contributed by atoms with Gasteiger partial charge in [0.25, 0.3) is 0 Å². The lowest BCUT2D eigenvalue weighted by Gasteiger charge is -2.12. The fraction of sp³-hybridized carbons (Fsp3) is 0.167. The van der Waals surface area contributed by atoms with Crippen molar-refractivity contribution in [3.63, 3.8) is 0 Å². The van der Waals surface area contributed by atoms with Crippen LogP contribution in [0.1, 0.15) is 5.69 Å². The lowest BCUT2D eigenvalue weighted by atomic mass is 10.3. The van der Waals surface area contributed by atoms with Gasteiger partial charge in [-0.3, -0.25) is 0 Å². The van der Waals surface area contributed by atoms with E-state index < -0.39 is 17.2 Å². The van der Waals surface area contributed by atoms with Gasteiger partial charge in [-0.2, -0.15) is 13.2 Å². The van der Waals surface area contributed by atoms with Crippen LogP contribution in [-0.2, 0) is 6.18 Å². The lowest BCUT2D eigenvalue weighted by molar-refractivity contribution is -0.141. The number of nitrogens with zero attached hydrogens (tertiary/aromatic N) is 2. The molecule has 1 N–H and O–H groups in total. The first-order chi connectivity index (χ1) is 9.40. The van der Waals surface area contributed by atoms with E-state index in [1.165, 1.54) is 11.8 Å². The van der Waals surface area contributed by atoms with E-state index >= 15 is 0 Å². The first kappa shape index (κ1) is 14.9. The fourth-order valence-corrected chi connectivity index (χ4v) is 2.25. The Morgan fingerprint density at radius 3 is 2.55 bits per heavy atom. The van der Waals surface area contributed by atoms with Gasteiger partial charge in [-0.05, 0) is 30.0 Å². The molecule has 0 atom stereocenters. The first-order valence-corrected chi connectivity index (χ1v) is 7.02. The summed E-state index contributed by atoms with van der Waals surface area (Å²) in [6, 6.07) is 8.03. The van der Waals surface area contributed by atoms with Gasteiger partial charge in [0.2, 0.25) is 5.28 Å². The molecule has 0 saturated heterocycles. The number of nitrogens with one attached hydrogen (secondary N) is 1. The van der Waals surface area contributed by atoms with Crippen molar-refractivity contribution in [3.05, 3.63) is 41.3 Å². The van der Waals surface area contributed by atoms with Gasteiger partial charge in [0.1, 0.15) is 5.82 Å². The van der Waals surface area contributed by atoms with Gasteiger partial charge in [0.15, 0.2) is 5.69 Å². The first-order valence-electron chi connectivity index (χ1n) is 5.42. The maximum Gasteiger partial charge on any atom is 0.433 e. The van der Waals surface area contributed by atoms with E-state index in [9.17, 15) is 13.2 Å². The highest BCUT2D eigenvalue weighted by Gasteiger charge is 2.33. The molecule has 0 spiro atoms. The third-order valence-electron chi connectivity index (χ3n) is 2.36. The van der Waals surface area contributed by atoms with Crippen molar-refractivity contribution in [1.82, 2.24) is 9.97 Å². The molecule has 106 valence electrons. The highest BCUT2D eigenvalue weighted by molar-refractivity contribution is 7.98. The van der Waals surface area contributed by atoms with Crippen LogP contribution in [0.5, 0.6) is 0 Å². The highest BCUT2D eigenvalue weighted by atomic mass is 35.5. The summed E-state index contributed by atoms with van der Waals surface area (Å²) in [4.78, 5) is 7.81. The van der Waals surface area contributed by atoms with E-state index in [1.54, 1.807) is 12.1 Å². The van der Waals surface area contributed by atoms with Crippen LogP contribution in [0.15, 0.2) is 35.2 Å². The number of para-hydroxylation sites is 1. The number of benzene rings is 1. The highest BCUT2D eigenvalue weighted by Crippen LogP contribution is 2.32. The van der Waals surface area contributed by atoms with Crippen molar-refractivity contribution in [2.45, 2.75) is 11.1 Å². The third kappa shape index (κ3) is 3.55. The number of hydrogen-bond donors (Lipinski definition) is 1. The average Bonchev–Trinajstić information content (AvgIpc) is 2.37. The third-order valence-corrected chi connectivity index (χ3v) is 3.32. The van der Waals surface area contributed by atoms with E-state index in [4.69, 9.17) is 11.6 Å². The Morgan fingerprint density at radius 1 is 1.20 bits per heavy atom. The molecule has 1 aromatic heterocycles. The fourth-order valence-electron chi connectivity index (χ4n) is 1.51. The van der Waals surface area contributed by atoms with Gasteiger partial charge in [0, 0.05) is 11.0 Å². The number of aromatic nitrogens is 2. The van der Waals surface area contributed by atoms with E-state index in [-0.39, 0.29) is 5.82 Å². The summed E-state index contributed by atoms with van der Waals surface area (Å²) in [7, 11) is 0. The lowest BCUT2D eigenvalue weighted by Crippen LogP contribution is -2.10. The molecule has 8 heteroatoms. The minimum atomic E-state index is -4.57. The maximum atomic E-state index is 12.7. The molecule has 0 aliphatic rings. The van der Waals surface area contributed by atoms with Gasteiger partial charge in [-0.1, -0.05) is 12.1 Å². The summed E-state index contributed by atoms with van der Waals surface area (Å²) in [5, 5.41) is 2.37. The zero-order valence-corrected chi connectivity index (χ0v) is 11.8. The van der Waals surface area contributed by atoms with Crippen molar-refractivity contribution >= 4 is 34.9 Å². The quantitative estimate of drug-likeness (QED) is 0.662. The Kier molecular flexibility index (Phi) is 4.39. The number of thioether (sulfide) groups is 1. The van der Waals surface area contributed by atoms with E-state index in [1.807, 2.05) is 18.4 Å². The summed E-state index contributed by atoms with van der Waals surface area (Å²) < 4.78 is 38.0. The molecular formula is C12H9ClF3N3S. The van der Waals surface area contributed by atoms with Crippen molar-refractivity contribution in [2.75, 3.05) is 11.6 Å². The van der Waals surface area contributed by atoms with Crippen LogP contribution in [0.3, 0.4) is 0 Å². The van der Waals surface area contributed by atoms with Crippen molar-refractivity contribution < 1.29 is 13.2 Å². The van der Waals surface area contributed by atoms with Crippen LogP contribution in [0.2, 0.25) is 5.28 Å².